The van der Waals surface area contributed by atoms with Crippen molar-refractivity contribution in [3.05, 3.63) is 0 Å². The molecule has 4 nitrogen and oxygen atoms in total. The van der Waals surface area contributed by atoms with E-state index in [9.17, 15) is 4.79 Å². The van der Waals surface area contributed by atoms with Crippen LogP contribution in [0.2, 0.25) is 0 Å². The summed E-state index contributed by atoms with van der Waals surface area (Å²) in [6.07, 6.45) is 4.64. The molecule has 1 atom stereocenters. The maximum absolute atomic E-state index is 10.9. The van der Waals surface area contributed by atoms with E-state index in [2.05, 4.69) is 11.0 Å². The van der Waals surface area contributed by atoms with Gasteiger partial charge >= 0.3 is 0 Å². The van der Waals surface area contributed by atoms with Gasteiger partial charge in [0.1, 0.15) is 0 Å². The Bertz CT molecular complexity index is 234. The van der Waals surface area contributed by atoms with Crippen LogP contribution in [-0.2, 0) is 4.79 Å². The van der Waals surface area contributed by atoms with E-state index in [-0.39, 0.29) is 11.9 Å². The molecule has 1 rings (SSSR count). The fraction of sp³-hybridized carbons (Fsp3) is 0.800. The number of nitriles is 1. The van der Waals surface area contributed by atoms with Gasteiger partial charge in [-0.3, -0.25) is 9.69 Å². The van der Waals surface area contributed by atoms with Crippen LogP contribution in [0.5, 0.6) is 0 Å². The Morgan fingerprint density at radius 1 is 1.50 bits per heavy atom. The molecule has 78 valence electrons. The van der Waals surface area contributed by atoms with Crippen LogP contribution < -0.4 is 5.73 Å². The van der Waals surface area contributed by atoms with E-state index in [0.29, 0.717) is 6.42 Å². The van der Waals surface area contributed by atoms with Gasteiger partial charge in [-0.15, -0.1) is 0 Å². The molecule has 0 bridgehead atoms. The first-order valence-corrected chi connectivity index (χ1v) is 5.16. The molecule has 1 aliphatic heterocycles. The second-order valence-electron chi connectivity index (χ2n) is 3.71. The first kappa shape index (κ1) is 11.0. The van der Waals surface area contributed by atoms with Crippen molar-refractivity contribution in [2.75, 3.05) is 13.1 Å². The molecule has 14 heavy (non-hydrogen) atoms. The van der Waals surface area contributed by atoms with Crippen LogP contribution >= 0.6 is 0 Å². The molecule has 1 unspecified atom stereocenters. The summed E-state index contributed by atoms with van der Waals surface area (Å²) >= 11 is 0. The smallest absolute Gasteiger partial charge is 0.234 e. The van der Waals surface area contributed by atoms with Crippen molar-refractivity contribution in [2.45, 2.75) is 38.1 Å². The third-order valence-corrected chi connectivity index (χ3v) is 2.69. The molecule has 0 aromatic heterocycles. The molecule has 2 N–H and O–H groups in total. The predicted octanol–water partition coefficient (Wildman–Crippen LogP) is 0.630. The van der Waals surface area contributed by atoms with Crippen LogP contribution in [0.4, 0.5) is 0 Å². The first-order valence-electron chi connectivity index (χ1n) is 5.16. The molecule has 1 fully saturated rings. The van der Waals surface area contributed by atoms with Gasteiger partial charge in [-0.2, -0.15) is 5.26 Å². The Hall–Kier alpha value is -1.08. The Morgan fingerprint density at radius 2 is 2.29 bits per heavy atom. The van der Waals surface area contributed by atoms with Gasteiger partial charge in [0.2, 0.25) is 5.91 Å². The Balaban J connectivity index is 2.02. The molecule has 0 saturated carbocycles. The lowest BCUT2D eigenvalue weighted by molar-refractivity contribution is -0.127. The molecule has 1 amide bonds. The highest BCUT2D eigenvalue weighted by Crippen LogP contribution is 2.17. The van der Waals surface area contributed by atoms with E-state index in [1.54, 1.807) is 0 Å². The standard InChI is InChI=1S/C10H17N3O/c11-6-3-1-2-4-7-13-8-5-9(13)10(12)14/h9H,1-5,7-8H2,(H2,12,14). The molecule has 1 saturated heterocycles. The first-order chi connectivity index (χ1) is 6.75. The normalized spacial score (nSPS) is 21.2. The number of likely N-dealkylation sites (tertiary alicyclic amines) is 1. The lowest BCUT2D eigenvalue weighted by Crippen LogP contribution is -2.54. The molecule has 0 spiro atoms. The number of nitrogens with zero attached hydrogens (tertiary/aromatic N) is 2. The van der Waals surface area contributed by atoms with Gasteiger partial charge in [0.25, 0.3) is 0 Å². The summed E-state index contributed by atoms with van der Waals surface area (Å²) in [5.41, 5.74) is 5.22. The minimum Gasteiger partial charge on any atom is -0.368 e. The van der Waals surface area contributed by atoms with Crippen LogP contribution in [0.3, 0.4) is 0 Å². The maximum atomic E-state index is 10.9. The van der Waals surface area contributed by atoms with E-state index in [0.717, 1.165) is 38.8 Å². The van der Waals surface area contributed by atoms with E-state index >= 15 is 0 Å². The zero-order chi connectivity index (χ0) is 10.4. The van der Waals surface area contributed by atoms with Crippen LogP contribution in [0, 0.1) is 11.3 Å². The predicted molar refractivity (Wildman–Crippen MR) is 53.3 cm³/mol. The quantitative estimate of drug-likeness (QED) is 0.632. The number of carbonyl (C=O) groups is 1. The molecule has 0 aliphatic carbocycles. The van der Waals surface area contributed by atoms with E-state index in [1.807, 2.05) is 0 Å². The highest BCUT2D eigenvalue weighted by molar-refractivity contribution is 5.80. The molecule has 1 heterocycles. The number of hydrogen-bond acceptors (Lipinski definition) is 3. The van der Waals surface area contributed by atoms with Gasteiger partial charge in [0.05, 0.1) is 12.1 Å². The fourth-order valence-corrected chi connectivity index (χ4v) is 1.73. The van der Waals surface area contributed by atoms with Gasteiger partial charge in [-0.05, 0) is 25.8 Å². The second-order valence-corrected chi connectivity index (χ2v) is 3.71. The minimum absolute atomic E-state index is 0.0223. The van der Waals surface area contributed by atoms with E-state index < -0.39 is 0 Å². The minimum atomic E-state index is -0.201. The van der Waals surface area contributed by atoms with Gasteiger partial charge in [0, 0.05) is 13.0 Å². The molecule has 4 heteroatoms. The molecule has 1 aliphatic rings. The molecular formula is C10H17N3O. The summed E-state index contributed by atoms with van der Waals surface area (Å²) in [5, 5.41) is 8.33. The third-order valence-electron chi connectivity index (χ3n) is 2.69. The average molecular weight is 195 g/mol. The average Bonchev–Trinajstić information content (AvgIpc) is 2.08. The Kier molecular flexibility index (Phi) is 4.41. The van der Waals surface area contributed by atoms with E-state index in [1.165, 1.54) is 0 Å². The molecule has 0 radical (unpaired) electrons. The summed E-state index contributed by atoms with van der Waals surface area (Å²) in [6.45, 7) is 1.94. The SMILES string of the molecule is N#CCCCCCN1CCC1C(N)=O. The number of amides is 1. The summed E-state index contributed by atoms with van der Waals surface area (Å²) in [4.78, 5) is 13.0. The monoisotopic (exact) mass is 195 g/mol. The number of nitrogens with two attached hydrogens (primary N) is 1. The highest BCUT2D eigenvalue weighted by Gasteiger charge is 2.31. The van der Waals surface area contributed by atoms with E-state index in [4.69, 9.17) is 11.0 Å². The molecular weight excluding hydrogens is 178 g/mol. The van der Waals surface area contributed by atoms with Gasteiger partial charge in [-0.1, -0.05) is 6.42 Å². The molecule has 0 aromatic rings. The van der Waals surface area contributed by atoms with Gasteiger partial charge in [-0.25, -0.2) is 0 Å². The van der Waals surface area contributed by atoms with Crippen molar-refractivity contribution >= 4 is 5.91 Å². The van der Waals surface area contributed by atoms with Gasteiger partial charge in [0.15, 0.2) is 0 Å². The van der Waals surface area contributed by atoms with Crippen LogP contribution in [0.1, 0.15) is 32.1 Å². The summed E-state index contributed by atoms with van der Waals surface area (Å²) in [5.74, 6) is -0.201. The lowest BCUT2D eigenvalue weighted by atomic mass is 10.0. The number of carbonyl (C=O) groups excluding carboxylic acids is 1. The molecule has 0 aromatic carbocycles. The van der Waals surface area contributed by atoms with Crippen molar-refractivity contribution in [3.8, 4) is 6.07 Å². The number of hydrogen-bond donors (Lipinski definition) is 1. The number of rotatable bonds is 6. The van der Waals surface area contributed by atoms with Gasteiger partial charge < -0.3 is 5.73 Å². The largest absolute Gasteiger partial charge is 0.368 e. The second kappa shape index (κ2) is 5.61. The summed E-state index contributed by atoms with van der Waals surface area (Å²) in [6, 6.07) is 2.10. The topological polar surface area (TPSA) is 70.1 Å². The summed E-state index contributed by atoms with van der Waals surface area (Å²) in [7, 11) is 0. The Morgan fingerprint density at radius 3 is 2.79 bits per heavy atom. The van der Waals surface area contributed by atoms with Crippen molar-refractivity contribution < 1.29 is 4.79 Å². The zero-order valence-electron chi connectivity index (χ0n) is 8.41. The van der Waals surface area contributed by atoms with Crippen LogP contribution in [0.25, 0.3) is 0 Å². The van der Waals surface area contributed by atoms with Crippen molar-refractivity contribution in [3.63, 3.8) is 0 Å². The number of primary amides is 1. The van der Waals surface area contributed by atoms with Crippen molar-refractivity contribution in [2.24, 2.45) is 5.73 Å². The third kappa shape index (κ3) is 3.00. The lowest BCUT2D eigenvalue weighted by Gasteiger charge is -2.38. The zero-order valence-corrected chi connectivity index (χ0v) is 8.41. The Labute approximate surface area is 84.7 Å². The van der Waals surface area contributed by atoms with Crippen molar-refractivity contribution in [1.29, 1.82) is 5.26 Å². The summed E-state index contributed by atoms with van der Waals surface area (Å²) < 4.78 is 0. The van der Waals surface area contributed by atoms with Crippen LogP contribution in [-0.4, -0.2) is 29.9 Å². The number of unbranched alkanes of at least 4 members (excludes halogenated alkanes) is 3. The van der Waals surface area contributed by atoms with Crippen LogP contribution in [0.15, 0.2) is 0 Å². The fourth-order valence-electron chi connectivity index (χ4n) is 1.73. The van der Waals surface area contributed by atoms with Crippen molar-refractivity contribution in [1.82, 2.24) is 4.90 Å². The maximum Gasteiger partial charge on any atom is 0.234 e. The highest BCUT2D eigenvalue weighted by atomic mass is 16.1.